The van der Waals surface area contributed by atoms with E-state index in [1.165, 1.54) is 19.2 Å². The van der Waals surface area contributed by atoms with Crippen molar-refractivity contribution in [3.05, 3.63) is 34.2 Å². The number of azide groups is 1. The molecular weight excluding hydrogens is 238 g/mol. The third-order valence-corrected chi connectivity index (χ3v) is 2.52. The summed E-state index contributed by atoms with van der Waals surface area (Å²) in [5.41, 5.74) is 8.27. The van der Waals surface area contributed by atoms with Gasteiger partial charge in [0, 0.05) is 17.0 Å². The van der Waals surface area contributed by atoms with Gasteiger partial charge in [-0.15, -0.1) is 0 Å². The molecule has 1 rings (SSSR count). The van der Waals surface area contributed by atoms with Crippen LogP contribution in [0.15, 0.2) is 23.3 Å². The lowest BCUT2D eigenvalue weighted by molar-refractivity contribution is 0.0135. The molecule has 0 amide bonds. The summed E-state index contributed by atoms with van der Waals surface area (Å²) in [4.78, 5) is 2.55. The lowest BCUT2D eigenvalue weighted by Gasteiger charge is -2.19. The minimum absolute atomic E-state index is 0.0689. The van der Waals surface area contributed by atoms with Crippen molar-refractivity contribution in [2.75, 3.05) is 13.7 Å². The summed E-state index contributed by atoms with van der Waals surface area (Å²) in [5, 5.41) is 32.7. The highest BCUT2D eigenvalue weighted by Crippen LogP contribution is 2.35. The van der Waals surface area contributed by atoms with Gasteiger partial charge in [-0.05, 0) is 18.0 Å². The molecule has 0 aliphatic carbocycles. The van der Waals surface area contributed by atoms with E-state index in [2.05, 4.69) is 10.0 Å². The number of benzene rings is 1. The van der Waals surface area contributed by atoms with E-state index in [-0.39, 0.29) is 30.0 Å². The highest BCUT2D eigenvalue weighted by Gasteiger charge is 2.22. The second-order valence-corrected chi connectivity index (χ2v) is 3.65. The average molecular weight is 253 g/mol. The lowest BCUT2D eigenvalue weighted by Crippen LogP contribution is -2.19. The molecule has 0 bridgehead atoms. The zero-order valence-electron chi connectivity index (χ0n) is 9.89. The van der Waals surface area contributed by atoms with Crippen molar-refractivity contribution >= 4 is 0 Å². The van der Waals surface area contributed by atoms with Gasteiger partial charge in [-0.25, -0.2) is 0 Å². The minimum atomic E-state index is -1.27. The SMILES string of the molecule is COc1cccc(C(O)C(O)CCN=[N+]=[N-])c1O. The highest BCUT2D eigenvalue weighted by atomic mass is 16.5. The largest absolute Gasteiger partial charge is 0.504 e. The fourth-order valence-corrected chi connectivity index (χ4v) is 1.54. The molecule has 0 aliphatic heterocycles. The van der Waals surface area contributed by atoms with Gasteiger partial charge in [-0.3, -0.25) is 0 Å². The Kier molecular flexibility index (Phi) is 5.26. The second-order valence-electron chi connectivity index (χ2n) is 3.65. The molecule has 18 heavy (non-hydrogen) atoms. The summed E-state index contributed by atoms with van der Waals surface area (Å²) >= 11 is 0. The molecule has 1 aromatic carbocycles. The molecular formula is C11H15N3O4. The van der Waals surface area contributed by atoms with Gasteiger partial charge >= 0.3 is 0 Å². The maximum absolute atomic E-state index is 9.89. The van der Waals surface area contributed by atoms with Crippen LogP contribution >= 0.6 is 0 Å². The number of ether oxygens (including phenoxy) is 1. The van der Waals surface area contributed by atoms with E-state index in [9.17, 15) is 15.3 Å². The third kappa shape index (κ3) is 3.27. The Balaban J connectivity index is 2.82. The number of aliphatic hydroxyl groups is 2. The first-order valence-electron chi connectivity index (χ1n) is 5.34. The Labute approximate surface area is 104 Å². The van der Waals surface area contributed by atoms with Crippen LogP contribution in [0.25, 0.3) is 10.4 Å². The zero-order chi connectivity index (χ0) is 13.5. The second kappa shape index (κ2) is 6.70. The lowest BCUT2D eigenvalue weighted by atomic mass is 10.0. The quantitative estimate of drug-likeness (QED) is 0.404. The van der Waals surface area contributed by atoms with Crippen molar-refractivity contribution in [3.8, 4) is 11.5 Å². The van der Waals surface area contributed by atoms with Crippen molar-refractivity contribution < 1.29 is 20.1 Å². The van der Waals surface area contributed by atoms with Crippen molar-refractivity contribution in [2.45, 2.75) is 18.6 Å². The van der Waals surface area contributed by atoms with Gasteiger partial charge in [-0.2, -0.15) is 0 Å². The van der Waals surface area contributed by atoms with E-state index in [1.807, 2.05) is 0 Å². The molecule has 98 valence electrons. The molecule has 7 heteroatoms. The molecule has 1 aromatic rings. The Hall–Kier alpha value is -1.95. The molecule has 3 N–H and O–H groups in total. The molecule has 0 saturated heterocycles. The standard InChI is InChI=1S/C11H15N3O4/c1-18-9-4-2-3-7(11(9)17)10(16)8(15)5-6-13-14-12/h2-4,8,10,15-17H,5-6H2,1H3. The summed E-state index contributed by atoms with van der Waals surface area (Å²) in [6.45, 7) is 0.0689. The summed E-state index contributed by atoms with van der Waals surface area (Å²) in [6, 6.07) is 4.62. The van der Waals surface area contributed by atoms with Gasteiger partial charge in [0.25, 0.3) is 0 Å². The van der Waals surface area contributed by atoms with Crippen LogP contribution in [0.5, 0.6) is 11.5 Å². The van der Waals surface area contributed by atoms with Crippen LogP contribution in [-0.4, -0.2) is 35.1 Å². The number of hydrogen-bond acceptors (Lipinski definition) is 5. The van der Waals surface area contributed by atoms with Crippen molar-refractivity contribution in [3.63, 3.8) is 0 Å². The number of rotatable bonds is 6. The molecule has 0 aliphatic rings. The number of para-hydroxylation sites is 1. The van der Waals surface area contributed by atoms with Gasteiger partial charge < -0.3 is 20.1 Å². The fraction of sp³-hybridized carbons (Fsp3) is 0.455. The zero-order valence-corrected chi connectivity index (χ0v) is 9.89. The van der Waals surface area contributed by atoms with E-state index in [1.54, 1.807) is 6.07 Å². The van der Waals surface area contributed by atoms with E-state index in [0.29, 0.717) is 0 Å². The van der Waals surface area contributed by atoms with Crippen LogP contribution in [0.2, 0.25) is 0 Å². The average Bonchev–Trinajstić information content (AvgIpc) is 2.38. The van der Waals surface area contributed by atoms with Gasteiger partial charge in [-0.1, -0.05) is 17.2 Å². The number of aliphatic hydroxyl groups excluding tert-OH is 2. The molecule has 7 nitrogen and oxygen atoms in total. The van der Waals surface area contributed by atoms with Crippen molar-refractivity contribution in [2.24, 2.45) is 5.11 Å². The Morgan fingerprint density at radius 1 is 1.44 bits per heavy atom. The highest BCUT2D eigenvalue weighted by molar-refractivity contribution is 5.46. The predicted molar refractivity (Wildman–Crippen MR) is 64.3 cm³/mol. The minimum Gasteiger partial charge on any atom is -0.504 e. The van der Waals surface area contributed by atoms with Gasteiger partial charge in [0.05, 0.1) is 13.2 Å². The predicted octanol–water partition coefficient (Wildman–Crippen LogP) is 1.50. The monoisotopic (exact) mass is 253 g/mol. The fourth-order valence-electron chi connectivity index (χ4n) is 1.54. The first-order chi connectivity index (χ1) is 8.61. The maximum Gasteiger partial charge on any atom is 0.163 e. The molecule has 0 spiro atoms. The number of phenolic OH excluding ortho intramolecular Hbond substituents is 1. The Bertz CT molecular complexity index is 446. The van der Waals surface area contributed by atoms with Crippen LogP contribution < -0.4 is 4.74 Å². The molecule has 0 saturated carbocycles. The number of methoxy groups -OCH3 is 1. The summed E-state index contributed by atoms with van der Waals surface area (Å²) < 4.78 is 4.90. The molecule has 0 radical (unpaired) electrons. The van der Waals surface area contributed by atoms with Crippen LogP contribution in [0.3, 0.4) is 0 Å². The maximum atomic E-state index is 9.89. The molecule has 0 aromatic heterocycles. The van der Waals surface area contributed by atoms with E-state index in [0.717, 1.165) is 0 Å². The smallest absolute Gasteiger partial charge is 0.163 e. The molecule has 0 heterocycles. The Morgan fingerprint density at radius 2 is 2.17 bits per heavy atom. The van der Waals surface area contributed by atoms with Crippen LogP contribution in [0.1, 0.15) is 18.1 Å². The van der Waals surface area contributed by atoms with Crippen LogP contribution in [0.4, 0.5) is 0 Å². The first kappa shape index (κ1) is 14.1. The van der Waals surface area contributed by atoms with Gasteiger partial charge in [0.2, 0.25) is 0 Å². The first-order valence-corrected chi connectivity index (χ1v) is 5.34. The van der Waals surface area contributed by atoms with Gasteiger partial charge in [0.15, 0.2) is 11.5 Å². The van der Waals surface area contributed by atoms with Crippen molar-refractivity contribution in [1.29, 1.82) is 0 Å². The third-order valence-electron chi connectivity index (χ3n) is 2.52. The number of nitrogens with zero attached hydrogens (tertiary/aromatic N) is 3. The number of hydrogen-bond donors (Lipinski definition) is 3. The molecule has 2 unspecified atom stereocenters. The van der Waals surface area contributed by atoms with E-state index >= 15 is 0 Å². The Morgan fingerprint density at radius 3 is 2.78 bits per heavy atom. The normalized spacial score (nSPS) is 13.5. The van der Waals surface area contributed by atoms with Crippen LogP contribution in [-0.2, 0) is 0 Å². The van der Waals surface area contributed by atoms with Gasteiger partial charge in [0.1, 0.15) is 6.10 Å². The number of phenols is 1. The summed E-state index contributed by atoms with van der Waals surface area (Å²) in [6.07, 6.45) is -2.30. The summed E-state index contributed by atoms with van der Waals surface area (Å²) in [5.74, 6) is 0.00382. The van der Waals surface area contributed by atoms with Crippen LogP contribution in [0, 0.1) is 0 Å². The topological polar surface area (TPSA) is 119 Å². The number of aromatic hydroxyl groups is 1. The van der Waals surface area contributed by atoms with E-state index in [4.69, 9.17) is 10.3 Å². The van der Waals surface area contributed by atoms with Crippen molar-refractivity contribution in [1.82, 2.24) is 0 Å². The van der Waals surface area contributed by atoms with E-state index < -0.39 is 12.2 Å². The molecule has 0 fully saturated rings. The molecule has 2 atom stereocenters. The summed E-state index contributed by atoms with van der Waals surface area (Å²) in [7, 11) is 1.39.